The van der Waals surface area contributed by atoms with E-state index in [2.05, 4.69) is 15.8 Å². The average Bonchev–Trinajstić information content (AvgIpc) is 3.59. The molecule has 152 valence electrons. The highest BCUT2D eigenvalue weighted by atomic mass is 16.5. The number of ether oxygens (including phenoxy) is 3. The Hall–Kier alpha value is -3.55. The lowest BCUT2D eigenvalue weighted by atomic mass is 10.2. The lowest BCUT2D eigenvalue weighted by Crippen LogP contribution is -2.18. The fourth-order valence-corrected chi connectivity index (χ4v) is 2.70. The number of hydrazone groups is 1. The monoisotopic (exact) mass is 397 g/mol. The molecule has 0 aromatic heterocycles. The second kappa shape index (κ2) is 9.09. The molecule has 0 saturated heterocycles. The molecule has 0 radical (unpaired) electrons. The molecule has 2 N–H and O–H groups in total. The van der Waals surface area contributed by atoms with Crippen LogP contribution in [0.5, 0.6) is 17.2 Å². The van der Waals surface area contributed by atoms with E-state index >= 15 is 0 Å². The molecule has 2 amide bonds. The molecule has 0 aliphatic heterocycles. The Labute approximate surface area is 168 Å². The van der Waals surface area contributed by atoms with E-state index in [0.717, 1.165) is 12.8 Å². The van der Waals surface area contributed by atoms with Crippen LogP contribution in [0, 0.1) is 5.92 Å². The molecule has 0 heterocycles. The van der Waals surface area contributed by atoms with Gasteiger partial charge in [0.1, 0.15) is 0 Å². The predicted octanol–water partition coefficient (Wildman–Crippen LogP) is 2.82. The SMILES string of the molecule is COc1cc(C=NNC(=O)c2ccc(NC(=O)C3CC3)cc2)cc(OC)c1OC. The van der Waals surface area contributed by atoms with Gasteiger partial charge in [-0.1, -0.05) is 0 Å². The zero-order chi connectivity index (χ0) is 20.8. The minimum absolute atomic E-state index is 0.0251. The van der Waals surface area contributed by atoms with Crippen LogP contribution in [0.4, 0.5) is 5.69 Å². The van der Waals surface area contributed by atoms with Crippen LogP contribution in [-0.2, 0) is 4.79 Å². The van der Waals surface area contributed by atoms with Gasteiger partial charge >= 0.3 is 0 Å². The number of carbonyl (C=O) groups is 2. The van der Waals surface area contributed by atoms with Gasteiger partial charge in [0.2, 0.25) is 11.7 Å². The molecular formula is C21H23N3O5. The first-order valence-corrected chi connectivity index (χ1v) is 9.10. The minimum atomic E-state index is -0.367. The summed E-state index contributed by atoms with van der Waals surface area (Å²) in [6.07, 6.45) is 3.36. The smallest absolute Gasteiger partial charge is 0.271 e. The van der Waals surface area contributed by atoms with Crippen molar-refractivity contribution in [2.24, 2.45) is 11.0 Å². The van der Waals surface area contributed by atoms with Crippen molar-refractivity contribution in [1.29, 1.82) is 0 Å². The molecule has 2 aromatic carbocycles. The molecule has 8 heteroatoms. The second-order valence-corrected chi connectivity index (χ2v) is 6.50. The lowest BCUT2D eigenvalue weighted by Gasteiger charge is -2.12. The second-order valence-electron chi connectivity index (χ2n) is 6.50. The molecule has 2 aromatic rings. The summed E-state index contributed by atoms with van der Waals surface area (Å²) in [7, 11) is 4.57. The topological polar surface area (TPSA) is 98.2 Å². The summed E-state index contributed by atoms with van der Waals surface area (Å²) in [6, 6.07) is 10.1. The van der Waals surface area contributed by atoms with E-state index < -0.39 is 0 Å². The Balaban J connectivity index is 1.62. The van der Waals surface area contributed by atoms with Crippen molar-refractivity contribution < 1.29 is 23.8 Å². The number of benzene rings is 2. The molecule has 0 unspecified atom stereocenters. The van der Waals surface area contributed by atoms with E-state index in [1.807, 2.05) is 0 Å². The van der Waals surface area contributed by atoms with Crippen LogP contribution >= 0.6 is 0 Å². The number of rotatable bonds is 8. The Morgan fingerprint density at radius 2 is 1.62 bits per heavy atom. The first-order chi connectivity index (χ1) is 14.0. The highest BCUT2D eigenvalue weighted by Crippen LogP contribution is 2.37. The van der Waals surface area contributed by atoms with Crippen LogP contribution < -0.4 is 25.0 Å². The molecule has 0 bridgehead atoms. The van der Waals surface area contributed by atoms with Gasteiger partial charge in [0.05, 0.1) is 27.5 Å². The summed E-state index contributed by atoms with van der Waals surface area (Å²) in [5, 5.41) is 6.81. The maximum atomic E-state index is 12.3. The van der Waals surface area contributed by atoms with E-state index in [4.69, 9.17) is 14.2 Å². The first-order valence-electron chi connectivity index (χ1n) is 9.10. The summed E-state index contributed by atoms with van der Waals surface area (Å²) >= 11 is 0. The maximum Gasteiger partial charge on any atom is 0.271 e. The van der Waals surface area contributed by atoms with Crippen LogP contribution in [0.1, 0.15) is 28.8 Å². The molecule has 1 aliphatic carbocycles. The number of amides is 2. The van der Waals surface area contributed by atoms with E-state index in [9.17, 15) is 9.59 Å². The summed E-state index contributed by atoms with van der Waals surface area (Å²) in [4.78, 5) is 24.0. The van der Waals surface area contributed by atoms with Gasteiger partial charge in [-0.15, -0.1) is 0 Å². The van der Waals surface area contributed by atoms with Crippen molar-refractivity contribution >= 4 is 23.7 Å². The highest BCUT2D eigenvalue weighted by molar-refractivity contribution is 5.97. The van der Waals surface area contributed by atoms with Crippen molar-refractivity contribution in [2.75, 3.05) is 26.6 Å². The first kappa shape index (κ1) is 20.2. The third-order valence-corrected chi connectivity index (χ3v) is 4.43. The number of anilines is 1. The Morgan fingerprint density at radius 3 is 2.14 bits per heavy atom. The standard InChI is InChI=1S/C21H23N3O5/c1-27-17-10-13(11-18(28-2)19(17)29-3)12-22-24-21(26)15-6-8-16(9-7-15)23-20(25)14-4-5-14/h6-12,14H,4-5H2,1-3H3,(H,23,25)(H,24,26). The molecule has 8 nitrogen and oxygen atoms in total. The molecule has 0 spiro atoms. The van der Waals surface area contributed by atoms with Gasteiger partial charge in [-0.2, -0.15) is 5.10 Å². The fraction of sp³-hybridized carbons (Fsp3) is 0.286. The van der Waals surface area contributed by atoms with Crippen LogP contribution in [0.25, 0.3) is 0 Å². The van der Waals surface area contributed by atoms with E-state index in [1.54, 1.807) is 36.4 Å². The van der Waals surface area contributed by atoms with Gasteiger partial charge in [-0.25, -0.2) is 5.43 Å². The van der Waals surface area contributed by atoms with Crippen molar-refractivity contribution in [1.82, 2.24) is 5.43 Å². The number of nitrogens with one attached hydrogen (secondary N) is 2. The zero-order valence-corrected chi connectivity index (χ0v) is 16.5. The molecule has 1 aliphatic rings. The van der Waals surface area contributed by atoms with Gasteiger partial charge in [-0.3, -0.25) is 9.59 Å². The number of methoxy groups -OCH3 is 3. The highest BCUT2D eigenvalue weighted by Gasteiger charge is 2.29. The number of nitrogens with zero attached hydrogens (tertiary/aromatic N) is 1. The quantitative estimate of drug-likeness (QED) is 0.527. The van der Waals surface area contributed by atoms with Crippen LogP contribution in [-0.4, -0.2) is 39.4 Å². The number of hydrogen-bond donors (Lipinski definition) is 2. The number of carbonyl (C=O) groups excluding carboxylic acids is 2. The summed E-state index contributed by atoms with van der Waals surface area (Å²) in [5.74, 6) is 1.24. The third kappa shape index (κ3) is 5.04. The van der Waals surface area contributed by atoms with Crippen molar-refractivity contribution in [3.63, 3.8) is 0 Å². The van der Waals surface area contributed by atoms with Crippen molar-refractivity contribution in [3.05, 3.63) is 47.5 Å². The molecule has 1 saturated carbocycles. The average molecular weight is 397 g/mol. The Kier molecular flexibility index (Phi) is 6.33. The number of hydrogen-bond acceptors (Lipinski definition) is 6. The lowest BCUT2D eigenvalue weighted by molar-refractivity contribution is -0.117. The van der Waals surface area contributed by atoms with E-state index in [0.29, 0.717) is 34.1 Å². The van der Waals surface area contributed by atoms with Gasteiger partial charge in [0.25, 0.3) is 5.91 Å². The van der Waals surface area contributed by atoms with Crippen LogP contribution in [0.2, 0.25) is 0 Å². The minimum Gasteiger partial charge on any atom is -0.493 e. The molecule has 1 fully saturated rings. The van der Waals surface area contributed by atoms with Gasteiger partial charge < -0.3 is 19.5 Å². The molecule has 3 rings (SSSR count). The van der Waals surface area contributed by atoms with E-state index in [-0.39, 0.29) is 17.7 Å². The molecular weight excluding hydrogens is 374 g/mol. The zero-order valence-electron chi connectivity index (χ0n) is 16.5. The summed E-state index contributed by atoms with van der Waals surface area (Å²) < 4.78 is 15.9. The largest absolute Gasteiger partial charge is 0.493 e. The molecule has 29 heavy (non-hydrogen) atoms. The fourth-order valence-electron chi connectivity index (χ4n) is 2.70. The van der Waals surface area contributed by atoms with Crippen molar-refractivity contribution in [2.45, 2.75) is 12.8 Å². The predicted molar refractivity (Wildman–Crippen MR) is 109 cm³/mol. The van der Waals surface area contributed by atoms with Crippen molar-refractivity contribution in [3.8, 4) is 17.2 Å². The Morgan fingerprint density at radius 1 is 1.00 bits per heavy atom. The molecule has 0 atom stereocenters. The van der Waals surface area contributed by atoms with Gasteiger partial charge in [0.15, 0.2) is 11.5 Å². The van der Waals surface area contributed by atoms with E-state index in [1.165, 1.54) is 27.5 Å². The third-order valence-electron chi connectivity index (χ3n) is 4.43. The Bertz CT molecular complexity index is 895. The normalized spacial score (nSPS) is 13.1. The summed E-state index contributed by atoms with van der Waals surface area (Å²) in [6.45, 7) is 0. The van der Waals surface area contributed by atoms with Gasteiger partial charge in [0, 0.05) is 22.7 Å². The summed E-state index contributed by atoms with van der Waals surface area (Å²) in [5.41, 5.74) is 4.23. The maximum absolute atomic E-state index is 12.3. The van der Waals surface area contributed by atoms with Crippen LogP contribution in [0.15, 0.2) is 41.5 Å². The van der Waals surface area contributed by atoms with Crippen LogP contribution in [0.3, 0.4) is 0 Å². The van der Waals surface area contributed by atoms with Gasteiger partial charge in [-0.05, 0) is 49.2 Å².